The van der Waals surface area contributed by atoms with Crippen molar-refractivity contribution in [2.45, 2.75) is 47.2 Å². The molecule has 1 aliphatic rings. The van der Waals surface area contributed by atoms with Gasteiger partial charge in [0.2, 0.25) is 5.95 Å². The fourth-order valence-corrected chi connectivity index (χ4v) is 6.34. The van der Waals surface area contributed by atoms with E-state index in [1.165, 1.54) is 17.2 Å². The topological polar surface area (TPSA) is 83.1 Å². The van der Waals surface area contributed by atoms with Crippen molar-refractivity contribution in [2.24, 2.45) is 0 Å². The number of benzene rings is 3. The Bertz CT molecular complexity index is 1710. The molecule has 1 N–H and O–H groups in total. The molecular formula is C36H41Cl2FN6O3. The molecule has 5 rings (SSSR count). The van der Waals surface area contributed by atoms with Gasteiger partial charge in [0, 0.05) is 66.8 Å². The molecule has 1 aliphatic heterocycles. The molecule has 48 heavy (non-hydrogen) atoms. The van der Waals surface area contributed by atoms with Crippen LogP contribution in [0.3, 0.4) is 0 Å². The van der Waals surface area contributed by atoms with Gasteiger partial charge in [-0.15, -0.1) is 0 Å². The number of rotatable bonds is 11. The van der Waals surface area contributed by atoms with Gasteiger partial charge in [-0.3, -0.25) is 14.7 Å². The molecule has 12 heteroatoms. The molecule has 1 aromatic heterocycles. The lowest BCUT2D eigenvalue weighted by Gasteiger charge is -2.36. The van der Waals surface area contributed by atoms with Gasteiger partial charge in [0.15, 0.2) is 11.6 Å². The van der Waals surface area contributed by atoms with Gasteiger partial charge in [-0.2, -0.15) is 4.98 Å². The largest absolute Gasteiger partial charge is 0.489 e. The van der Waals surface area contributed by atoms with E-state index in [0.29, 0.717) is 39.7 Å². The molecule has 0 radical (unpaired) electrons. The predicted octanol–water partition coefficient (Wildman–Crippen LogP) is 8.20. The van der Waals surface area contributed by atoms with E-state index in [1.807, 2.05) is 32.9 Å². The predicted molar refractivity (Wildman–Crippen MR) is 190 cm³/mol. The molecule has 0 atom stereocenters. The van der Waals surface area contributed by atoms with Crippen LogP contribution in [0.4, 0.5) is 26.6 Å². The third-order valence-electron chi connectivity index (χ3n) is 8.19. The van der Waals surface area contributed by atoms with Crippen molar-refractivity contribution in [1.29, 1.82) is 0 Å². The lowest BCUT2D eigenvalue weighted by atomic mass is 10.1. The van der Waals surface area contributed by atoms with Crippen molar-refractivity contribution in [2.75, 3.05) is 49.5 Å². The molecule has 0 spiro atoms. The highest BCUT2D eigenvalue weighted by atomic mass is 35.5. The van der Waals surface area contributed by atoms with Gasteiger partial charge in [-0.1, -0.05) is 40.9 Å². The van der Waals surface area contributed by atoms with Crippen LogP contribution in [0.1, 0.15) is 36.1 Å². The molecule has 0 aliphatic carbocycles. The Labute approximate surface area is 291 Å². The van der Waals surface area contributed by atoms with Crippen molar-refractivity contribution in [3.05, 3.63) is 98.9 Å². The van der Waals surface area contributed by atoms with Gasteiger partial charge in [0.25, 0.3) is 0 Å². The van der Waals surface area contributed by atoms with Crippen LogP contribution in [0.15, 0.2) is 60.8 Å². The number of hydrogen-bond acceptors (Lipinski definition) is 8. The van der Waals surface area contributed by atoms with Crippen LogP contribution in [0.5, 0.6) is 11.5 Å². The summed E-state index contributed by atoms with van der Waals surface area (Å²) >= 11 is 12.5. The summed E-state index contributed by atoms with van der Waals surface area (Å²) in [6, 6.07) is 15.7. The van der Waals surface area contributed by atoms with E-state index >= 15 is 4.39 Å². The van der Waals surface area contributed by atoms with E-state index in [-0.39, 0.29) is 24.1 Å². The Morgan fingerprint density at radius 3 is 2.31 bits per heavy atom. The first kappa shape index (κ1) is 35.3. The van der Waals surface area contributed by atoms with Crippen LogP contribution in [-0.4, -0.2) is 71.2 Å². The van der Waals surface area contributed by atoms with Crippen molar-refractivity contribution in [3.63, 3.8) is 0 Å². The average Bonchev–Trinajstić information content (AvgIpc) is 3.02. The zero-order valence-corrected chi connectivity index (χ0v) is 29.4. The summed E-state index contributed by atoms with van der Waals surface area (Å²) in [6.45, 7) is 15.4. The van der Waals surface area contributed by atoms with E-state index in [1.54, 1.807) is 36.4 Å². The Balaban J connectivity index is 1.29. The number of nitrogens with zero attached hydrogens (tertiary/aromatic N) is 5. The molecule has 1 saturated heterocycles. The van der Waals surface area contributed by atoms with E-state index in [9.17, 15) is 4.79 Å². The first-order chi connectivity index (χ1) is 22.9. The summed E-state index contributed by atoms with van der Waals surface area (Å²) < 4.78 is 26.8. The van der Waals surface area contributed by atoms with Crippen LogP contribution < -0.4 is 19.7 Å². The Morgan fingerprint density at radius 1 is 0.979 bits per heavy atom. The second-order valence-electron chi connectivity index (χ2n) is 12.3. The molecule has 0 bridgehead atoms. The van der Waals surface area contributed by atoms with Crippen molar-refractivity contribution in [1.82, 2.24) is 19.8 Å². The quantitative estimate of drug-likeness (QED) is 0.168. The fraction of sp³-hybridized carbons (Fsp3) is 0.361. The minimum Gasteiger partial charge on any atom is -0.489 e. The Hall–Kier alpha value is -3.96. The number of hydrogen-bond donors (Lipinski definition) is 1. The van der Waals surface area contributed by atoms with Gasteiger partial charge in [0.1, 0.15) is 18.2 Å². The maximum Gasteiger partial charge on any atom is 0.421 e. The fourth-order valence-electron chi connectivity index (χ4n) is 5.77. The highest BCUT2D eigenvalue weighted by molar-refractivity contribution is 6.34. The first-order valence-corrected chi connectivity index (χ1v) is 16.7. The molecule has 9 nitrogen and oxygen atoms in total. The number of aromatic nitrogens is 2. The number of anilines is 3. The minimum atomic E-state index is -0.653. The second-order valence-corrected chi connectivity index (χ2v) is 13.2. The van der Waals surface area contributed by atoms with Crippen LogP contribution in [-0.2, 0) is 6.54 Å². The molecule has 0 unspecified atom stereocenters. The standard InChI is InChI=1S/C36H41Cl2FN6O3/c1-23(2)44-12-10-43(11-13-44)14-15-47-32-7-6-30(21-31(32)39)41-35-40-9-8-33(42-35)45(22-27-18-28(37)20-29(38)19-27)36(46)48-34-25(4)16-24(3)17-26(34)5/h6-9,16-21,23H,10-15,22H2,1-5H3,(H,40,41,42). The van der Waals surface area contributed by atoms with Crippen LogP contribution in [0.25, 0.3) is 0 Å². The molecular weight excluding hydrogens is 654 g/mol. The van der Waals surface area contributed by atoms with Gasteiger partial charge in [-0.05, 0) is 87.7 Å². The van der Waals surface area contributed by atoms with Gasteiger partial charge >= 0.3 is 6.09 Å². The van der Waals surface area contributed by atoms with Crippen molar-refractivity contribution in [3.8, 4) is 11.5 Å². The zero-order chi connectivity index (χ0) is 34.4. The Morgan fingerprint density at radius 2 is 1.67 bits per heavy atom. The number of piperazine rings is 1. The normalized spacial score (nSPS) is 13.9. The molecule has 2 heterocycles. The van der Waals surface area contributed by atoms with E-state index in [2.05, 4.69) is 38.9 Å². The summed E-state index contributed by atoms with van der Waals surface area (Å²) in [5.41, 5.74) is 3.81. The highest BCUT2D eigenvalue weighted by Gasteiger charge is 2.23. The molecule has 1 amide bonds. The molecule has 1 fully saturated rings. The summed E-state index contributed by atoms with van der Waals surface area (Å²) in [6.07, 6.45) is 0.854. The number of ether oxygens (including phenoxy) is 2. The van der Waals surface area contributed by atoms with E-state index in [4.69, 9.17) is 32.7 Å². The third-order valence-corrected chi connectivity index (χ3v) is 8.62. The van der Waals surface area contributed by atoms with Crippen molar-refractivity contribution >= 4 is 46.7 Å². The molecule has 0 saturated carbocycles. The monoisotopic (exact) mass is 694 g/mol. The summed E-state index contributed by atoms with van der Waals surface area (Å²) in [7, 11) is 0. The number of nitrogens with one attached hydrogen (secondary N) is 1. The number of carbonyl (C=O) groups excluding carboxylic acids is 1. The summed E-state index contributed by atoms with van der Waals surface area (Å²) in [5.74, 6) is 0.550. The lowest BCUT2D eigenvalue weighted by Crippen LogP contribution is -2.49. The van der Waals surface area contributed by atoms with Crippen molar-refractivity contribution < 1.29 is 18.7 Å². The Kier molecular flexibility index (Phi) is 11.8. The van der Waals surface area contributed by atoms with Crippen LogP contribution >= 0.6 is 23.2 Å². The van der Waals surface area contributed by atoms with Crippen LogP contribution in [0, 0.1) is 26.6 Å². The third kappa shape index (κ3) is 9.35. The van der Waals surface area contributed by atoms with E-state index < -0.39 is 11.9 Å². The second kappa shape index (κ2) is 16.0. The SMILES string of the molecule is Cc1cc(C)c(OC(=O)N(Cc2cc(Cl)cc(Cl)c2)c2ccnc(Nc3ccc(OCCN4CCN(C(C)C)CC4)c(F)c3)n2)c(C)c1. The van der Waals surface area contributed by atoms with Crippen LogP contribution in [0.2, 0.25) is 10.0 Å². The average molecular weight is 696 g/mol. The summed E-state index contributed by atoms with van der Waals surface area (Å²) in [4.78, 5) is 28.8. The van der Waals surface area contributed by atoms with Gasteiger partial charge in [-0.25, -0.2) is 14.2 Å². The molecule has 4 aromatic rings. The smallest absolute Gasteiger partial charge is 0.421 e. The number of carbonyl (C=O) groups is 1. The number of amides is 1. The van der Waals surface area contributed by atoms with Gasteiger partial charge in [0.05, 0.1) is 6.54 Å². The van der Waals surface area contributed by atoms with E-state index in [0.717, 1.165) is 49.4 Å². The lowest BCUT2D eigenvalue weighted by molar-refractivity contribution is 0.0965. The first-order valence-electron chi connectivity index (χ1n) is 16.0. The maximum atomic E-state index is 15.1. The highest BCUT2D eigenvalue weighted by Crippen LogP contribution is 2.29. The number of halogens is 3. The molecule has 3 aromatic carbocycles. The van der Waals surface area contributed by atoms with Gasteiger partial charge < -0.3 is 14.8 Å². The summed E-state index contributed by atoms with van der Waals surface area (Å²) in [5, 5.41) is 3.89. The minimum absolute atomic E-state index is 0.0631. The molecule has 254 valence electrons. The number of aryl methyl sites for hydroxylation is 3. The zero-order valence-electron chi connectivity index (χ0n) is 27.9. The maximum absolute atomic E-state index is 15.1.